The lowest BCUT2D eigenvalue weighted by atomic mass is 9.96. The van der Waals surface area contributed by atoms with Crippen LogP contribution in [0, 0.1) is 0 Å². The maximum absolute atomic E-state index is 12.2. The van der Waals surface area contributed by atoms with Crippen LogP contribution in [0.15, 0.2) is 22.8 Å². The maximum Gasteiger partial charge on any atom is 0.163 e. The molecule has 0 radical (unpaired) electrons. The van der Waals surface area contributed by atoms with Crippen LogP contribution < -0.4 is 5.14 Å². The Kier molecular flexibility index (Phi) is 5.05. The van der Waals surface area contributed by atoms with E-state index >= 15 is 0 Å². The standard InChI is InChI=1S/C18H28N4O2S2/c1-12(9-18(2,3)25(19)23)16-11-22-10-14(13-6-7-13)8-15(17(22)20-16)21-26(4,5)24/h8,10-13H,6-7,9,19H2,1-5H3/t12-,25?/m1/s1. The van der Waals surface area contributed by atoms with E-state index in [0.717, 1.165) is 11.3 Å². The van der Waals surface area contributed by atoms with E-state index in [4.69, 9.17) is 10.1 Å². The van der Waals surface area contributed by atoms with Crippen molar-refractivity contribution in [1.29, 1.82) is 0 Å². The third kappa shape index (κ3) is 4.35. The minimum absolute atomic E-state index is 0.0993. The van der Waals surface area contributed by atoms with E-state index in [9.17, 15) is 8.42 Å². The van der Waals surface area contributed by atoms with Gasteiger partial charge in [-0.15, -0.1) is 0 Å². The van der Waals surface area contributed by atoms with Crippen LogP contribution in [0.2, 0.25) is 0 Å². The van der Waals surface area contributed by atoms with Gasteiger partial charge >= 0.3 is 0 Å². The van der Waals surface area contributed by atoms with Crippen LogP contribution >= 0.6 is 0 Å². The highest BCUT2D eigenvalue weighted by Crippen LogP contribution is 2.42. The Morgan fingerprint density at radius 3 is 2.62 bits per heavy atom. The van der Waals surface area contributed by atoms with Crippen molar-refractivity contribution in [2.24, 2.45) is 9.50 Å². The number of pyridine rings is 1. The number of hydrogen-bond donors (Lipinski definition) is 1. The van der Waals surface area contributed by atoms with Gasteiger partial charge in [0.05, 0.1) is 21.4 Å². The fourth-order valence-corrected chi connectivity index (χ4v) is 4.25. The number of hydrogen-bond acceptors (Lipinski definition) is 4. The molecule has 0 saturated heterocycles. The molecule has 2 N–H and O–H groups in total. The van der Waals surface area contributed by atoms with Gasteiger partial charge in [-0.1, -0.05) is 6.92 Å². The first-order valence-electron chi connectivity index (χ1n) is 8.82. The summed E-state index contributed by atoms with van der Waals surface area (Å²) in [6.07, 6.45) is 10.4. The molecule has 2 atom stereocenters. The molecule has 8 heteroatoms. The summed E-state index contributed by atoms with van der Waals surface area (Å²) < 4.78 is 30.0. The molecule has 1 saturated carbocycles. The van der Waals surface area contributed by atoms with Gasteiger partial charge in [0.2, 0.25) is 0 Å². The lowest BCUT2D eigenvalue weighted by Gasteiger charge is -2.24. The molecular weight excluding hydrogens is 368 g/mol. The monoisotopic (exact) mass is 396 g/mol. The molecule has 0 aromatic carbocycles. The average Bonchev–Trinajstić information content (AvgIpc) is 3.24. The fourth-order valence-electron chi connectivity index (χ4n) is 3.23. The molecule has 2 aromatic heterocycles. The first kappa shape index (κ1) is 19.5. The molecule has 1 aliphatic rings. The van der Waals surface area contributed by atoms with E-state index in [1.165, 1.54) is 18.4 Å². The van der Waals surface area contributed by atoms with Crippen molar-refractivity contribution in [2.45, 2.75) is 56.6 Å². The summed E-state index contributed by atoms with van der Waals surface area (Å²) in [5.41, 5.74) is 3.54. The number of rotatable bonds is 6. The van der Waals surface area contributed by atoms with E-state index in [0.29, 0.717) is 18.0 Å². The molecule has 0 spiro atoms. The molecule has 3 rings (SSSR count). The molecule has 0 amide bonds. The number of nitrogens with zero attached hydrogens (tertiary/aromatic N) is 3. The Balaban J connectivity index is 2.06. The van der Waals surface area contributed by atoms with Crippen LogP contribution in [0.5, 0.6) is 0 Å². The summed E-state index contributed by atoms with van der Waals surface area (Å²) in [6.45, 7) is 5.88. The first-order chi connectivity index (χ1) is 12.0. The number of aromatic nitrogens is 2. The van der Waals surface area contributed by atoms with Gasteiger partial charge in [-0.25, -0.2) is 13.4 Å². The zero-order chi connectivity index (χ0) is 19.3. The van der Waals surface area contributed by atoms with Crippen molar-refractivity contribution >= 4 is 32.0 Å². The topological polar surface area (TPSA) is 89.8 Å². The molecule has 1 unspecified atom stereocenters. The van der Waals surface area contributed by atoms with Gasteiger partial charge in [0, 0.05) is 40.6 Å². The summed E-state index contributed by atoms with van der Waals surface area (Å²) >= 11 is 0. The Labute approximate surface area is 158 Å². The highest BCUT2D eigenvalue weighted by molar-refractivity contribution is 7.92. The van der Waals surface area contributed by atoms with Crippen molar-refractivity contribution in [2.75, 3.05) is 12.5 Å². The van der Waals surface area contributed by atoms with Crippen molar-refractivity contribution < 1.29 is 8.42 Å². The van der Waals surface area contributed by atoms with Gasteiger partial charge in [0.25, 0.3) is 0 Å². The second-order valence-electron chi connectivity index (χ2n) is 8.26. The molecule has 26 heavy (non-hydrogen) atoms. The van der Waals surface area contributed by atoms with Crippen molar-refractivity contribution in [3.8, 4) is 0 Å². The fraction of sp³-hybridized carbons (Fsp3) is 0.611. The minimum atomic E-state index is -2.28. The summed E-state index contributed by atoms with van der Waals surface area (Å²) in [5, 5.41) is 5.62. The zero-order valence-electron chi connectivity index (χ0n) is 16.1. The van der Waals surface area contributed by atoms with E-state index in [1.807, 2.05) is 30.5 Å². The van der Waals surface area contributed by atoms with Crippen molar-refractivity contribution in [3.63, 3.8) is 0 Å². The molecule has 1 fully saturated rings. The lowest BCUT2D eigenvalue weighted by Crippen LogP contribution is -2.33. The highest BCUT2D eigenvalue weighted by Gasteiger charge is 2.29. The summed E-state index contributed by atoms with van der Waals surface area (Å²) in [5.74, 6) is 0.669. The summed E-state index contributed by atoms with van der Waals surface area (Å²) in [4.78, 5) is 4.77. The Hall–Kier alpha value is -1.25. The van der Waals surface area contributed by atoms with Gasteiger partial charge < -0.3 is 4.40 Å². The number of nitrogens with two attached hydrogens (primary N) is 1. The smallest absolute Gasteiger partial charge is 0.163 e. The minimum Gasteiger partial charge on any atom is -0.305 e. The van der Waals surface area contributed by atoms with Crippen LogP contribution in [0.25, 0.3) is 5.65 Å². The van der Waals surface area contributed by atoms with Gasteiger partial charge in [0.1, 0.15) is 5.69 Å². The SMILES string of the molecule is C[C@H](CC(C)(C)S(N)=O)c1cn2cc(C3CC3)cc(N=S(C)(C)=O)c2n1. The van der Waals surface area contributed by atoms with Crippen LogP contribution in [-0.4, -0.2) is 35.1 Å². The Morgan fingerprint density at radius 1 is 1.42 bits per heavy atom. The first-order valence-corrected chi connectivity index (χ1v) is 12.4. The van der Waals surface area contributed by atoms with Gasteiger partial charge in [0.15, 0.2) is 5.65 Å². The quantitative estimate of drug-likeness (QED) is 0.810. The molecular formula is C18H28N4O2S2. The second-order valence-corrected chi connectivity index (χ2v) is 12.5. The van der Waals surface area contributed by atoms with Crippen LogP contribution in [-0.2, 0) is 20.7 Å². The normalized spacial score (nSPS) is 18.1. The van der Waals surface area contributed by atoms with E-state index in [2.05, 4.69) is 17.5 Å². The molecule has 2 aromatic rings. The average molecular weight is 397 g/mol. The zero-order valence-corrected chi connectivity index (χ0v) is 17.7. The van der Waals surface area contributed by atoms with Gasteiger partial charge in [-0.3, -0.25) is 5.14 Å². The van der Waals surface area contributed by atoms with Crippen molar-refractivity contribution in [1.82, 2.24) is 9.38 Å². The predicted octanol–water partition coefficient (Wildman–Crippen LogP) is 3.47. The summed E-state index contributed by atoms with van der Waals surface area (Å²) in [6, 6.07) is 2.03. The second kappa shape index (κ2) is 6.73. The molecule has 2 heterocycles. The maximum atomic E-state index is 12.2. The predicted molar refractivity (Wildman–Crippen MR) is 109 cm³/mol. The molecule has 6 nitrogen and oxygen atoms in total. The third-order valence-corrected chi connectivity index (χ3v) is 6.68. The Morgan fingerprint density at radius 2 is 2.08 bits per heavy atom. The van der Waals surface area contributed by atoms with E-state index in [1.54, 1.807) is 12.5 Å². The van der Waals surface area contributed by atoms with Crippen molar-refractivity contribution in [3.05, 3.63) is 29.7 Å². The third-order valence-electron chi connectivity index (χ3n) is 4.79. The molecule has 0 bridgehead atoms. The van der Waals surface area contributed by atoms with E-state index < -0.39 is 25.5 Å². The number of imidazole rings is 1. The highest BCUT2D eigenvalue weighted by atomic mass is 32.2. The summed E-state index contributed by atoms with van der Waals surface area (Å²) in [7, 11) is -3.68. The largest absolute Gasteiger partial charge is 0.305 e. The molecule has 144 valence electrons. The number of fused-ring (bicyclic) bond motifs is 1. The molecule has 0 aliphatic heterocycles. The van der Waals surface area contributed by atoms with Crippen LogP contribution in [0.4, 0.5) is 5.69 Å². The van der Waals surface area contributed by atoms with E-state index in [-0.39, 0.29) is 5.92 Å². The lowest BCUT2D eigenvalue weighted by molar-refractivity contribution is 0.535. The molecule has 1 aliphatic carbocycles. The van der Waals surface area contributed by atoms with Gasteiger partial charge in [-0.05, 0) is 50.7 Å². The van der Waals surface area contributed by atoms with Gasteiger partial charge in [-0.2, -0.15) is 4.36 Å². The Bertz CT molecular complexity index is 974. The van der Waals surface area contributed by atoms with Crippen LogP contribution in [0.1, 0.15) is 63.1 Å². The van der Waals surface area contributed by atoms with Crippen LogP contribution in [0.3, 0.4) is 0 Å².